The molecule has 3 heteroatoms. The third kappa shape index (κ3) is 4.81. The molecule has 1 saturated carbocycles. The highest BCUT2D eigenvalue weighted by atomic mass is 16.5. The lowest BCUT2D eigenvalue weighted by molar-refractivity contribution is -0.0211. The zero-order valence-corrected chi connectivity index (χ0v) is 11.0. The van der Waals surface area contributed by atoms with Crippen molar-refractivity contribution in [2.45, 2.75) is 70.6 Å². The molecule has 3 nitrogen and oxygen atoms in total. The number of aliphatic hydroxyl groups excluding tert-OH is 1. The van der Waals surface area contributed by atoms with E-state index in [-0.39, 0.29) is 12.1 Å². The van der Waals surface area contributed by atoms with E-state index in [1.807, 2.05) is 6.92 Å². The maximum atomic E-state index is 9.42. The summed E-state index contributed by atoms with van der Waals surface area (Å²) in [7, 11) is 0. The molecule has 1 unspecified atom stereocenters. The Morgan fingerprint density at radius 1 is 1.31 bits per heavy atom. The Labute approximate surface area is 99.6 Å². The zero-order chi connectivity index (χ0) is 12.0. The first kappa shape index (κ1) is 13.9. The predicted octanol–water partition coefficient (Wildman–Crippen LogP) is 2.08. The Kier molecular flexibility index (Phi) is 5.73. The molecule has 96 valence electrons. The van der Waals surface area contributed by atoms with Gasteiger partial charge in [0.05, 0.1) is 24.9 Å². The van der Waals surface area contributed by atoms with Gasteiger partial charge in [-0.15, -0.1) is 0 Å². The highest BCUT2D eigenvalue weighted by Crippen LogP contribution is 2.21. The van der Waals surface area contributed by atoms with E-state index in [1.165, 1.54) is 32.1 Å². The van der Waals surface area contributed by atoms with Gasteiger partial charge in [-0.3, -0.25) is 0 Å². The molecule has 1 rings (SSSR count). The SMILES string of the molecule is CC(C)NC(C)(CO)COC1CCCCC1. The lowest BCUT2D eigenvalue weighted by Crippen LogP contribution is -2.53. The van der Waals surface area contributed by atoms with Gasteiger partial charge in [0, 0.05) is 6.04 Å². The molecule has 1 aliphatic rings. The van der Waals surface area contributed by atoms with Crippen molar-refractivity contribution in [2.24, 2.45) is 0 Å². The van der Waals surface area contributed by atoms with Crippen LogP contribution in [0.25, 0.3) is 0 Å². The van der Waals surface area contributed by atoms with Crippen LogP contribution in [0, 0.1) is 0 Å². The number of nitrogens with one attached hydrogen (secondary N) is 1. The minimum atomic E-state index is -0.300. The lowest BCUT2D eigenvalue weighted by atomic mass is 9.97. The monoisotopic (exact) mass is 229 g/mol. The van der Waals surface area contributed by atoms with Gasteiger partial charge in [0.1, 0.15) is 0 Å². The van der Waals surface area contributed by atoms with Crippen LogP contribution in [-0.4, -0.2) is 36.0 Å². The first-order valence-electron chi connectivity index (χ1n) is 6.56. The quantitative estimate of drug-likeness (QED) is 0.733. The van der Waals surface area contributed by atoms with Crippen LogP contribution in [0.2, 0.25) is 0 Å². The molecular formula is C13H27NO2. The van der Waals surface area contributed by atoms with Gasteiger partial charge in [0.25, 0.3) is 0 Å². The molecule has 0 aromatic carbocycles. The molecule has 0 aliphatic heterocycles. The summed E-state index contributed by atoms with van der Waals surface area (Å²) in [6, 6.07) is 0.368. The maximum absolute atomic E-state index is 9.42. The summed E-state index contributed by atoms with van der Waals surface area (Å²) in [6.07, 6.45) is 6.71. The van der Waals surface area contributed by atoms with E-state index in [0.717, 1.165) is 0 Å². The van der Waals surface area contributed by atoms with Crippen LogP contribution < -0.4 is 5.32 Å². The highest BCUT2D eigenvalue weighted by Gasteiger charge is 2.26. The second-order valence-corrected chi connectivity index (χ2v) is 5.59. The van der Waals surface area contributed by atoms with Gasteiger partial charge in [0.15, 0.2) is 0 Å². The number of hydrogen-bond acceptors (Lipinski definition) is 3. The summed E-state index contributed by atoms with van der Waals surface area (Å²) in [5, 5.41) is 12.8. The minimum Gasteiger partial charge on any atom is -0.394 e. The summed E-state index contributed by atoms with van der Waals surface area (Å²) in [4.78, 5) is 0. The van der Waals surface area contributed by atoms with Crippen LogP contribution >= 0.6 is 0 Å². The van der Waals surface area contributed by atoms with E-state index < -0.39 is 0 Å². The molecule has 1 fully saturated rings. The van der Waals surface area contributed by atoms with E-state index in [1.54, 1.807) is 0 Å². The van der Waals surface area contributed by atoms with Crippen LogP contribution in [0.15, 0.2) is 0 Å². The molecule has 0 aromatic rings. The van der Waals surface area contributed by atoms with Crippen molar-refractivity contribution in [3.63, 3.8) is 0 Å². The molecular weight excluding hydrogens is 202 g/mol. The van der Waals surface area contributed by atoms with Gasteiger partial charge in [-0.05, 0) is 19.8 Å². The number of hydrogen-bond donors (Lipinski definition) is 2. The van der Waals surface area contributed by atoms with Crippen molar-refractivity contribution in [2.75, 3.05) is 13.2 Å². The summed E-state index contributed by atoms with van der Waals surface area (Å²) < 4.78 is 5.92. The van der Waals surface area contributed by atoms with Gasteiger partial charge >= 0.3 is 0 Å². The molecule has 16 heavy (non-hydrogen) atoms. The molecule has 0 amide bonds. The van der Waals surface area contributed by atoms with Crippen molar-refractivity contribution in [1.29, 1.82) is 0 Å². The Balaban J connectivity index is 2.31. The van der Waals surface area contributed by atoms with Gasteiger partial charge < -0.3 is 15.2 Å². The molecule has 0 heterocycles. The standard InChI is InChI=1S/C13H27NO2/c1-11(2)14-13(3,9-15)10-16-12-7-5-4-6-8-12/h11-12,14-15H,4-10H2,1-3H3. The Morgan fingerprint density at radius 3 is 2.44 bits per heavy atom. The van der Waals surface area contributed by atoms with Crippen LogP contribution in [0.3, 0.4) is 0 Å². The highest BCUT2D eigenvalue weighted by molar-refractivity contribution is 4.84. The fraction of sp³-hybridized carbons (Fsp3) is 1.00. The van der Waals surface area contributed by atoms with Crippen LogP contribution in [-0.2, 0) is 4.74 Å². The fourth-order valence-corrected chi connectivity index (χ4v) is 2.36. The zero-order valence-electron chi connectivity index (χ0n) is 11.0. The Hall–Kier alpha value is -0.120. The van der Waals surface area contributed by atoms with Crippen LogP contribution in [0.1, 0.15) is 52.9 Å². The predicted molar refractivity (Wildman–Crippen MR) is 66.6 cm³/mol. The summed E-state index contributed by atoms with van der Waals surface area (Å²) >= 11 is 0. The first-order valence-corrected chi connectivity index (χ1v) is 6.56. The number of ether oxygens (including phenoxy) is 1. The normalized spacial score (nSPS) is 22.3. The van der Waals surface area contributed by atoms with Gasteiger partial charge in [0.2, 0.25) is 0 Å². The lowest BCUT2D eigenvalue weighted by Gasteiger charge is -2.33. The average molecular weight is 229 g/mol. The molecule has 1 aliphatic carbocycles. The largest absolute Gasteiger partial charge is 0.394 e. The molecule has 0 aromatic heterocycles. The van der Waals surface area contributed by atoms with E-state index in [0.29, 0.717) is 18.8 Å². The van der Waals surface area contributed by atoms with E-state index in [2.05, 4.69) is 19.2 Å². The van der Waals surface area contributed by atoms with E-state index in [4.69, 9.17) is 4.74 Å². The average Bonchev–Trinajstić information content (AvgIpc) is 2.27. The minimum absolute atomic E-state index is 0.123. The number of rotatable bonds is 6. The Bertz CT molecular complexity index is 190. The first-order chi connectivity index (χ1) is 7.56. The summed E-state index contributed by atoms with van der Waals surface area (Å²) in [6.45, 7) is 6.93. The molecule has 1 atom stereocenters. The molecule has 0 radical (unpaired) electrons. The third-order valence-electron chi connectivity index (χ3n) is 3.18. The van der Waals surface area contributed by atoms with Crippen molar-refractivity contribution in [3.8, 4) is 0 Å². The van der Waals surface area contributed by atoms with Gasteiger partial charge in [-0.25, -0.2) is 0 Å². The van der Waals surface area contributed by atoms with Crippen molar-refractivity contribution in [1.82, 2.24) is 5.32 Å². The van der Waals surface area contributed by atoms with Gasteiger partial charge in [-0.1, -0.05) is 33.1 Å². The third-order valence-corrected chi connectivity index (χ3v) is 3.18. The van der Waals surface area contributed by atoms with E-state index >= 15 is 0 Å². The molecule has 0 spiro atoms. The number of aliphatic hydroxyl groups is 1. The molecule has 0 saturated heterocycles. The fourth-order valence-electron chi connectivity index (χ4n) is 2.36. The summed E-state index contributed by atoms with van der Waals surface area (Å²) in [5.41, 5.74) is -0.300. The Morgan fingerprint density at radius 2 is 1.94 bits per heavy atom. The summed E-state index contributed by atoms with van der Waals surface area (Å²) in [5.74, 6) is 0. The van der Waals surface area contributed by atoms with Crippen molar-refractivity contribution >= 4 is 0 Å². The van der Waals surface area contributed by atoms with Crippen LogP contribution in [0.5, 0.6) is 0 Å². The van der Waals surface area contributed by atoms with Crippen molar-refractivity contribution < 1.29 is 9.84 Å². The topological polar surface area (TPSA) is 41.5 Å². The van der Waals surface area contributed by atoms with Crippen molar-refractivity contribution in [3.05, 3.63) is 0 Å². The van der Waals surface area contributed by atoms with Gasteiger partial charge in [-0.2, -0.15) is 0 Å². The van der Waals surface area contributed by atoms with Crippen LogP contribution in [0.4, 0.5) is 0 Å². The second-order valence-electron chi connectivity index (χ2n) is 5.59. The van der Waals surface area contributed by atoms with E-state index in [9.17, 15) is 5.11 Å². The molecule has 2 N–H and O–H groups in total. The smallest absolute Gasteiger partial charge is 0.0671 e. The second kappa shape index (κ2) is 6.58. The molecule has 0 bridgehead atoms. The maximum Gasteiger partial charge on any atom is 0.0671 e.